The lowest BCUT2D eigenvalue weighted by molar-refractivity contribution is -0.140. The zero-order chi connectivity index (χ0) is 13.3. The van der Waals surface area contributed by atoms with Crippen LogP contribution in [0.25, 0.3) is 0 Å². The zero-order valence-electron chi connectivity index (χ0n) is 11.1. The van der Waals surface area contributed by atoms with Gasteiger partial charge in [-0.25, -0.2) is 0 Å². The first-order valence-corrected chi connectivity index (χ1v) is 6.83. The molecule has 1 heterocycles. The predicted molar refractivity (Wildman–Crippen MR) is 66.6 cm³/mol. The summed E-state index contributed by atoms with van der Waals surface area (Å²) in [7, 11) is 0. The maximum Gasteiger partial charge on any atom is 0.232 e. The first-order chi connectivity index (χ1) is 8.49. The maximum absolute atomic E-state index is 11.8. The second-order valence-corrected chi connectivity index (χ2v) is 5.79. The molecule has 4 heteroatoms. The topological polar surface area (TPSA) is 54.5 Å². The number of imide groups is 1. The SMILES string of the molecule is CC(=O)C1CCCC(CN2C(=O)CC(C)C2=O)C1. The molecule has 0 aromatic carbocycles. The molecule has 0 aromatic heterocycles. The fourth-order valence-electron chi connectivity index (χ4n) is 3.12. The van der Waals surface area contributed by atoms with Crippen molar-refractivity contribution in [1.82, 2.24) is 4.90 Å². The van der Waals surface area contributed by atoms with Gasteiger partial charge in [0, 0.05) is 24.8 Å². The minimum absolute atomic E-state index is 0.0371. The average Bonchev–Trinajstić information content (AvgIpc) is 2.56. The van der Waals surface area contributed by atoms with Crippen molar-refractivity contribution in [3.63, 3.8) is 0 Å². The van der Waals surface area contributed by atoms with Gasteiger partial charge in [-0.2, -0.15) is 0 Å². The number of amides is 2. The second kappa shape index (κ2) is 5.21. The number of carbonyl (C=O) groups excluding carboxylic acids is 3. The summed E-state index contributed by atoms with van der Waals surface area (Å²) in [5.41, 5.74) is 0. The van der Waals surface area contributed by atoms with Gasteiger partial charge in [-0.15, -0.1) is 0 Å². The van der Waals surface area contributed by atoms with Gasteiger partial charge in [0.15, 0.2) is 0 Å². The van der Waals surface area contributed by atoms with E-state index >= 15 is 0 Å². The highest BCUT2D eigenvalue weighted by Gasteiger charge is 2.37. The predicted octanol–water partition coefficient (Wildman–Crippen LogP) is 1.78. The molecule has 2 aliphatic rings. The van der Waals surface area contributed by atoms with Crippen molar-refractivity contribution in [2.24, 2.45) is 17.8 Å². The van der Waals surface area contributed by atoms with E-state index in [-0.39, 0.29) is 29.4 Å². The Balaban J connectivity index is 1.95. The van der Waals surface area contributed by atoms with Crippen LogP contribution in [-0.2, 0) is 14.4 Å². The third-order valence-electron chi connectivity index (χ3n) is 4.27. The summed E-state index contributed by atoms with van der Waals surface area (Å²) in [4.78, 5) is 36.4. The molecule has 100 valence electrons. The number of rotatable bonds is 3. The monoisotopic (exact) mass is 251 g/mol. The van der Waals surface area contributed by atoms with Gasteiger partial charge >= 0.3 is 0 Å². The summed E-state index contributed by atoms with van der Waals surface area (Å²) in [6.07, 6.45) is 4.20. The quantitative estimate of drug-likeness (QED) is 0.718. The van der Waals surface area contributed by atoms with Crippen molar-refractivity contribution >= 4 is 17.6 Å². The Morgan fingerprint density at radius 2 is 2.06 bits per heavy atom. The molecule has 3 atom stereocenters. The number of likely N-dealkylation sites (tertiary alicyclic amines) is 1. The number of ketones is 1. The number of hydrogen-bond donors (Lipinski definition) is 0. The highest BCUT2D eigenvalue weighted by molar-refractivity contribution is 6.03. The molecule has 2 rings (SSSR count). The van der Waals surface area contributed by atoms with Crippen LogP contribution in [0, 0.1) is 17.8 Å². The van der Waals surface area contributed by atoms with Gasteiger partial charge in [-0.05, 0) is 32.1 Å². The van der Waals surface area contributed by atoms with Crippen molar-refractivity contribution in [3.05, 3.63) is 0 Å². The summed E-state index contributed by atoms with van der Waals surface area (Å²) < 4.78 is 0. The fourth-order valence-corrected chi connectivity index (χ4v) is 3.12. The molecule has 1 aliphatic carbocycles. The minimum Gasteiger partial charge on any atom is -0.300 e. The minimum atomic E-state index is -0.162. The van der Waals surface area contributed by atoms with E-state index in [0.717, 1.165) is 25.7 Å². The van der Waals surface area contributed by atoms with Crippen molar-refractivity contribution in [2.75, 3.05) is 6.54 Å². The molecule has 1 saturated heterocycles. The lowest BCUT2D eigenvalue weighted by Crippen LogP contribution is -2.37. The summed E-state index contributed by atoms with van der Waals surface area (Å²) in [6.45, 7) is 3.96. The molecule has 1 saturated carbocycles. The van der Waals surface area contributed by atoms with Gasteiger partial charge in [0.05, 0.1) is 0 Å². The van der Waals surface area contributed by atoms with Crippen LogP contribution in [-0.4, -0.2) is 29.0 Å². The van der Waals surface area contributed by atoms with Crippen LogP contribution in [0.1, 0.15) is 46.0 Å². The molecule has 1 aliphatic heterocycles. The molecular formula is C14H21NO3. The molecule has 4 nitrogen and oxygen atoms in total. The van der Waals surface area contributed by atoms with Crippen LogP contribution in [0.5, 0.6) is 0 Å². The number of nitrogens with zero attached hydrogens (tertiary/aromatic N) is 1. The van der Waals surface area contributed by atoms with E-state index in [0.29, 0.717) is 18.9 Å². The van der Waals surface area contributed by atoms with Crippen LogP contribution in [0.3, 0.4) is 0 Å². The van der Waals surface area contributed by atoms with Crippen LogP contribution < -0.4 is 0 Å². The fraction of sp³-hybridized carbons (Fsp3) is 0.786. The molecular weight excluding hydrogens is 230 g/mol. The van der Waals surface area contributed by atoms with E-state index in [1.807, 2.05) is 0 Å². The molecule has 2 amide bonds. The third-order valence-corrected chi connectivity index (χ3v) is 4.27. The van der Waals surface area contributed by atoms with E-state index < -0.39 is 0 Å². The van der Waals surface area contributed by atoms with E-state index in [1.165, 1.54) is 4.90 Å². The summed E-state index contributed by atoms with van der Waals surface area (Å²) in [5.74, 6) is 0.444. The standard InChI is InChI=1S/C14H21NO3/c1-9-6-13(17)15(14(9)18)8-11-4-3-5-12(7-11)10(2)16/h9,11-12H,3-8H2,1-2H3. The Kier molecular flexibility index (Phi) is 3.83. The van der Waals surface area contributed by atoms with Gasteiger partial charge in [0.25, 0.3) is 0 Å². The van der Waals surface area contributed by atoms with Crippen LogP contribution >= 0.6 is 0 Å². The van der Waals surface area contributed by atoms with Crippen molar-refractivity contribution in [3.8, 4) is 0 Å². The third kappa shape index (κ3) is 2.62. The van der Waals surface area contributed by atoms with E-state index in [9.17, 15) is 14.4 Å². The Morgan fingerprint density at radius 3 is 2.61 bits per heavy atom. The first kappa shape index (κ1) is 13.2. The van der Waals surface area contributed by atoms with Crippen molar-refractivity contribution in [1.29, 1.82) is 0 Å². The van der Waals surface area contributed by atoms with E-state index in [4.69, 9.17) is 0 Å². The molecule has 0 radical (unpaired) electrons. The Labute approximate surface area is 108 Å². The zero-order valence-corrected chi connectivity index (χ0v) is 11.1. The summed E-state index contributed by atoms with van der Waals surface area (Å²) in [5, 5.41) is 0. The Morgan fingerprint density at radius 1 is 1.33 bits per heavy atom. The van der Waals surface area contributed by atoms with Gasteiger partial charge < -0.3 is 0 Å². The van der Waals surface area contributed by atoms with Crippen LogP contribution in [0.15, 0.2) is 0 Å². The van der Waals surface area contributed by atoms with Gasteiger partial charge in [0.1, 0.15) is 5.78 Å². The maximum atomic E-state index is 11.8. The Bertz CT molecular complexity index is 377. The lowest BCUT2D eigenvalue weighted by Gasteiger charge is -2.30. The van der Waals surface area contributed by atoms with Gasteiger partial charge in [-0.1, -0.05) is 13.3 Å². The smallest absolute Gasteiger partial charge is 0.232 e. The lowest BCUT2D eigenvalue weighted by atomic mass is 9.79. The molecule has 0 aromatic rings. The number of carbonyl (C=O) groups is 3. The van der Waals surface area contributed by atoms with Gasteiger partial charge in [-0.3, -0.25) is 19.3 Å². The molecule has 18 heavy (non-hydrogen) atoms. The Hall–Kier alpha value is -1.19. The highest BCUT2D eigenvalue weighted by atomic mass is 16.2. The largest absolute Gasteiger partial charge is 0.300 e. The highest BCUT2D eigenvalue weighted by Crippen LogP contribution is 2.31. The molecule has 2 fully saturated rings. The molecule has 3 unspecified atom stereocenters. The van der Waals surface area contributed by atoms with E-state index in [1.54, 1.807) is 13.8 Å². The summed E-state index contributed by atoms with van der Waals surface area (Å²) in [6, 6.07) is 0. The first-order valence-electron chi connectivity index (χ1n) is 6.83. The van der Waals surface area contributed by atoms with Crippen molar-refractivity contribution < 1.29 is 14.4 Å². The number of Topliss-reactive ketones (excluding diaryl/α,β-unsaturated/α-hetero) is 1. The molecule has 0 spiro atoms. The second-order valence-electron chi connectivity index (χ2n) is 5.79. The molecule has 0 N–H and O–H groups in total. The van der Waals surface area contributed by atoms with E-state index in [2.05, 4.69) is 0 Å². The average molecular weight is 251 g/mol. The van der Waals surface area contributed by atoms with Crippen LogP contribution in [0.4, 0.5) is 0 Å². The number of hydrogen-bond acceptors (Lipinski definition) is 3. The normalized spacial score (nSPS) is 33.0. The van der Waals surface area contributed by atoms with Crippen molar-refractivity contribution in [2.45, 2.75) is 46.0 Å². The summed E-state index contributed by atoms with van der Waals surface area (Å²) >= 11 is 0. The van der Waals surface area contributed by atoms with Gasteiger partial charge in [0.2, 0.25) is 11.8 Å². The molecule has 0 bridgehead atoms. The van der Waals surface area contributed by atoms with Crippen LogP contribution in [0.2, 0.25) is 0 Å².